The molecule has 0 saturated carbocycles. The summed E-state index contributed by atoms with van der Waals surface area (Å²) in [5.74, 6) is -0.145. The molecule has 1 aromatic heterocycles. The fraction of sp³-hybridized carbons (Fsp3) is 0.167. The Labute approximate surface area is 150 Å². The molecule has 0 aliphatic heterocycles. The number of nitrogens with two attached hydrogens (primary N) is 1. The van der Waals surface area contributed by atoms with Gasteiger partial charge in [-0.25, -0.2) is 4.68 Å². The average Bonchev–Trinajstić information content (AvgIpc) is 2.97. The molecule has 0 spiro atoms. The first-order chi connectivity index (χ1) is 12.1. The Hall–Kier alpha value is -2.86. The Morgan fingerprint density at radius 1 is 1.16 bits per heavy atom. The van der Waals surface area contributed by atoms with E-state index in [9.17, 15) is 4.79 Å². The number of aromatic nitrogens is 3. The summed E-state index contributed by atoms with van der Waals surface area (Å²) in [6.07, 6.45) is 0. The van der Waals surface area contributed by atoms with Gasteiger partial charge in [0.25, 0.3) is 5.91 Å². The molecule has 0 bridgehead atoms. The van der Waals surface area contributed by atoms with Crippen molar-refractivity contribution >= 4 is 23.3 Å². The molecular formula is C18H18ClN5O. The molecular weight excluding hydrogens is 338 g/mol. The van der Waals surface area contributed by atoms with Gasteiger partial charge in [-0.05, 0) is 29.7 Å². The molecule has 3 rings (SSSR count). The van der Waals surface area contributed by atoms with Gasteiger partial charge in [-0.15, -0.1) is 5.10 Å². The maximum atomic E-state index is 12.3. The van der Waals surface area contributed by atoms with Crippen LogP contribution in [0.15, 0.2) is 48.5 Å². The highest BCUT2D eigenvalue weighted by Crippen LogP contribution is 2.16. The zero-order valence-corrected chi connectivity index (χ0v) is 14.5. The van der Waals surface area contributed by atoms with E-state index in [0.717, 1.165) is 16.7 Å². The van der Waals surface area contributed by atoms with E-state index in [1.165, 1.54) is 4.68 Å². The molecule has 128 valence electrons. The molecule has 0 atom stereocenters. The van der Waals surface area contributed by atoms with Crippen molar-refractivity contribution < 1.29 is 4.79 Å². The van der Waals surface area contributed by atoms with Gasteiger partial charge in [-0.3, -0.25) is 4.79 Å². The minimum Gasteiger partial charge on any atom is -0.382 e. The molecule has 1 heterocycles. The predicted molar refractivity (Wildman–Crippen MR) is 97.3 cm³/mol. The van der Waals surface area contributed by atoms with E-state index in [4.69, 9.17) is 17.3 Å². The summed E-state index contributed by atoms with van der Waals surface area (Å²) in [5, 5.41) is 11.3. The molecule has 0 saturated heterocycles. The number of carbonyl (C=O) groups excluding carboxylic acids is 1. The van der Waals surface area contributed by atoms with Crippen LogP contribution in [0.25, 0.3) is 0 Å². The van der Waals surface area contributed by atoms with Crippen LogP contribution in [0.1, 0.15) is 27.2 Å². The van der Waals surface area contributed by atoms with Crippen molar-refractivity contribution in [2.45, 2.75) is 20.0 Å². The van der Waals surface area contributed by atoms with Crippen molar-refractivity contribution in [1.82, 2.24) is 20.3 Å². The highest BCUT2D eigenvalue weighted by Gasteiger charge is 2.18. The number of nitrogens with zero attached hydrogens (tertiary/aromatic N) is 3. The zero-order chi connectivity index (χ0) is 17.8. The lowest BCUT2D eigenvalue weighted by atomic mass is 10.1. The number of benzene rings is 2. The zero-order valence-electron chi connectivity index (χ0n) is 13.7. The summed E-state index contributed by atoms with van der Waals surface area (Å²) in [6, 6.07) is 15.2. The minimum absolute atomic E-state index is 0.112. The van der Waals surface area contributed by atoms with E-state index in [1.54, 1.807) is 6.07 Å². The Kier molecular flexibility index (Phi) is 5.00. The quantitative estimate of drug-likeness (QED) is 0.736. The highest BCUT2D eigenvalue weighted by atomic mass is 35.5. The van der Waals surface area contributed by atoms with Crippen molar-refractivity contribution in [3.63, 3.8) is 0 Å². The molecule has 0 fully saturated rings. The summed E-state index contributed by atoms with van der Waals surface area (Å²) in [6.45, 7) is 2.77. The largest absolute Gasteiger partial charge is 0.382 e. The first-order valence-corrected chi connectivity index (χ1v) is 8.19. The van der Waals surface area contributed by atoms with E-state index >= 15 is 0 Å². The first kappa shape index (κ1) is 17.0. The minimum atomic E-state index is -0.381. The van der Waals surface area contributed by atoms with Gasteiger partial charge in [0, 0.05) is 11.6 Å². The second kappa shape index (κ2) is 7.36. The Morgan fingerprint density at radius 2 is 1.84 bits per heavy atom. The lowest BCUT2D eigenvalue weighted by Crippen LogP contribution is -2.24. The summed E-state index contributed by atoms with van der Waals surface area (Å²) in [4.78, 5) is 12.3. The van der Waals surface area contributed by atoms with E-state index in [1.807, 2.05) is 49.4 Å². The van der Waals surface area contributed by atoms with Crippen LogP contribution >= 0.6 is 11.6 Å². The van der Waals surface area contributed by atoms with Crippen LogP contribution in [0.4, 0.5) is 5.82 Å². The third kappa shape index (κ3) is 3.80. The number of aryl methyl sites for hydroxylation is 1. The Morgan fingerprint density at radius 3 is 2.56 bits per heavy atom. The van der Waals surface area contributed by atoms with Crippen LogP contribution in [0.3, 0.4) is 0 Å². The monoisotopic (exact) mass is 355 g/mol. The number of nitrogens with one attached hydrogen (secondary N) is 1. The molecule has 0 aliphatic rings. The lowest BCUT2D eigenvalue weighted by Gasteiger charge is -2.07. The number of anilines is 1. The number of hydrogen-bond donors (Lipinski definition) is 2. The number of amides is 1. The normalized spacial score (nSPS) is 10.6. The number of rotatable bonds is 5. The SMILES string of the molecule is Cc1ccccc1Cn1nnc(C(=O)NCc2ccccc2Cl)c1N. The topological polar surface area (TPSA) is 85.8 Å². The summed E-state index contributed by atoms with van der Waals surface area (Å²) in [7, 11) is 0. The van der Waals surface area contributed by atoms with Gasteiger partial charge in [0.2, 0.25) is 0 Å². The third-order valence-electron chi connectivity index (χ3n) is 3.97. The van der Waals surface area contributed by atoms with Gasteiger partial charge in [0.1, 0.15) is 0 Å². The molecule has 1 amide bonds. The van der Waals surface area contributed by atoms with Crippen molar-refractivity contribution in [2.24, 2.45) is 0 Å². The second-order valence-corrected chi connectivity index (χ2v) is 6.09. The molecule has 0 radical (unpaired) electrons. The van der Waals surface area contributed by atoms with E-state index < -0.39 is 0 Å². The van der Waals surface area contributed by atoms with Crippen molar-refractivity contribution in [1.29, 1.82) is 0 Å². The fourth-order valence-electron chi connectivity index (χ4n) is 2.45. The van der Waals surface area contributed by atoms with Gasteiger partial charge in [-0.2, -0.15) is 0 Å². The average molecular weight is 356 g/mol. The van der Waals surface area contributed by atoms with E-state index in [0.29, 0.717) is 18.1 Å². The standard InChI is InChI=1S/C18H18ClN5O/c1-12-6-2-3-8-14(12)11-24-17(20)16(22-23-24)18(25)21-10-13-7-4-5-9-15(13)19/h2-9H,10-11,20H2,1H3,(H,21,25). The lowest BCUT2D eigenvalue weighted by molar-refractivity contribution is 0.0947. The summed E-state index contributed by atoms with van der Waals surface area (Å²) in [5.41, 5.74) is 9.18. The third-order valence-corrected chi connectivity index (χ3v) is 4.34. The van der Waals surface area contributed by atoms with Gasteiger partial charge in [0.05, 0.1) is 6.54 Å². The van der Waals surface area contributed by atoms with Crippen molar-refractivity contribution in [3.8, 4) is 0 Å². The van der Waals surface area contributed by atoms with Crippen LogP contribution in [0.5, 0.6) is 0 Å². The smallest absolute Gasteiger partial charge is 0.275 e. The van der Waals surface area contributed by atoms with E-state index in [-0.39, 0.29) is 17.4 Å². The Balaban J connectivity index is 1.71. The number of nitrogen functional groups attached to an aromatic ring is 1. The molecule has 25 heavy (non-hydrogen) atoms. The summed E-state index contributed by atoms with van der Waals surface area (Å²) >= 11 is 6.09. The van der Waals surface area contributed by atoms with E-state index in [2.05, 4.69) is 15.6 Å². The van der Waals surface area contributed by atoms with Gasteiger partial charge >= 0.3 is 0 Å². The molecule has 6 nitrogen and oxygen atoms in total. The Bertz CT molecular complexity index is 906. The van der Waals surface area contributed by atoms with Gasteiger partial charge in [-0.1, -0.05) is 59.3 Å². The van der Waals surface area contributed by atoms with Crippen molar-refractivity contribution in [2.75, 3.05) is 5.73 Å². The molecule has 7 heteroatoms. The van der Waals surface area contributed by atoms with Crippen LogP contribution in [0, 0.1) is 6.92 Å². The van der Waals surface area contributed by atoms with Gasteiger partial charge < -0.3 is 11.1 Å². The number of halogens is 1. The van der Waals surface area contributed by atoms with Gasteiger partial charge in [0.15, 0.2) is 11.5 Å². The second-order valence-electron chi connectivity index (χ2n) is 5.68. The number of carbonyl (C=O) groups is 1. The highest BCUT2D eigenvalue weighted by molar-refractivity contribution is 6.31. The van der Waals surface area contributed by atoms with Crippen LogP contribution in [-0.4, -0.2) is 20.9 Å². The molecule has 0 unspecified atom stereocenters. The maximum Gasteiger partial charge on any atom is 0.275 e. The predicted octanol–water partition coefficient (Wildman–Crippen LogP) is 2.80. The molecule has 2 aromatic carbocycles. The molecule has 3 aromatic rings. The summed E-state index contributed by atoms with van der Waals surface area (Å²) < 4.78 is 1.52. The van der Waals surface area contributed by atoms with Crippen LogP contribution in [-0.2, 0) is 13.1 Å². The fourth-order valence-corrected chi connectivity index (χ4v) is 2.65. The van der Waals surface area contributed by atoms with Crippen LogP contribution in [0.2, 0.25) is 5.02 Å². The number of hydrogen-bond acceptors (Lipinski definition) is 4. The molecule has 0 aliphatic carbocycles. The first-order valence-electron chi connectivity index (χ1n) is 7.81. The van der Waals surface area contributed by atoms with Crippen LogP contribution < -0.4 is 11.1 Å². The maximum absolute atomic E-state index is 12.3. The molecule has 3 N–H and O–H groups in total. The van der Waals surface area contributed by atoms with Crippen molar-refractivity contribution in [3.05, 3.63) is 75.9 Å².